The van der Waals surface area contributed by atoms with Crippen LogP contribution in [0.4, 0.5) is 0 Å². The number of fused-ring (bicyclic) bond motifs is 14. The highest BCUT2D eigenvalue weighted by Gasteiger charge is 2.22. The zero-order valence-corrected chi connectivity index (χ0v) is 29.8. The van der Waals surface area contributed by atoms with Crippen molar-refractivity contribution in [2.75, 3.05) is 0 Å². The van der Waals surface area contributed by atoms with Crippen LogP contribution in [0, 0.1) is 0 Å². The van der Waals surface area contributed by atoms with Crippen molar-refractivity contribution in [3.05, 3.63) is 176 Å². The van der Waals surface area contributed by atoms with Crippen LogP contribution in [0.15, 0.2) is 176 Å². The molecule has 0 unspecified atom stereocenters. The maximum Gasteiger partial charge on any atom is 0.235 e. The molecule has 0 saturated carbocycles. The van der Waals surface area contributed by atoms with Crippen molar-refractivity contribution >= 4 is 96.5 Å². The Balaban J connectivity index is 1.22. The number of thiophene rings is 1. The summed E-state index contributed by atoms with van der Waals surface area (Å²) in [7, 11) is 0. The number of rotatable bonds is 3. The standard InChI is InChI=1S/C50H29N3S/c1-2-12-30(13-3-1)31-22-24-32(25-23-31)48-47-37-17-6-4-14-34(37)35-15-5-7-18-38(35)49(47)52-50(51-48)53-42-20-10-8-16-36(42)41-28-33-26-27-45-46(40(33)29-43(41)53)39-19-9-11-21-44(39)54-45/h1-29H. The van der Waals surface area contributed by atoms with Crippen LogP contribution >= 0.6 is 11.3 Å². The molecule has 3 nitrogen and oxygen atoms in total. The van der Waals surface area contributed by atoms with Crippen molar-refractivity contribution in [2.24, 2.45) is 0 Å². The first-order chi connectivity index (χ1) is 26.8. The molecule has 54 heavy (non-hydrogen) atoms. The summed E-state index contributed by atoms with van der Waals surface area (Å²) in [6, 6.07) is 63.5. The zero-order valence-electron chi connectivity index (χ0n) is 29.0. The van der Waals surface area contributed by atoms with Gasteiger partial charge in [-0.25, -0.2) is 9.97 Å². The van der Waals surface area contributed by atoms with Crippen molar-refractivity contribution in [1.29, 1.82) is 0 Å². The Hall–Kier alpha value is -6.88. The van der Waals surface area contributed by atoms with E-state index in [4.69, 9.17) is 9.97 Å². The summed E-state index contributed by atoms with van der Waals surface area (Å²) in [4.78, 5) is 11.2. The highest BCUT2D eigenvalue weighted by molar-refractivity contribution is 7.26. The molecule has 0 aliphatic rings. The van der Waals surface area contributed by atoms with Gasteiger partial charge in [0.2, 0.25) is 5.95 Å². The van der Waals surface area contributed by atoms with Crippen LogP contribution in [0.1, 0.15) is 0 Å². The molecule has 0 spiro atoms. The predicted molar refractivity (Wildman–Crippen MR) is 230 cm³/mol. The molecule has 12 rings (SSSR count). The maximum atomic E-state index is 5.61. The molecule has 0 bridgehead atoms. The molecule has 3 aromatic heterocycles. The lowest BCUT2D eigenvalue weighted by Gasteiger charge is -2.16. The van der Waals surface area contributed by atoms with E-state index in [2.05, 4.69) is 180 Å². The van der Waals surface area contributed by atoms with Gasteiger partial charge in [0.15, 0.2) is 0 Å². The largest absolute Gasteiger partial charge is 0.278 e. The van der Waals surface area contributed by atoms with Gasteiger partial charge in [-0.2, -0.15) is 0 Å². The zero-order chi connectivity index (χ0) is 35.3. The van der Waals surface area contributed by atoms with Gasteiger partial charge in [-0.15, -0.1) is 11.3 Å². The molecular formula is C50H29N3S. The van der Waals surface area contributed by atoms with E-state index in [-0.39, 0.29) is 0 Å². The van der Waals surface area contributed by atoms with Gasteiger partial charge in [-0.1, -0.05) is 146 Å². The fraction of sp³-hybridized carbons (Fsp3) is 0. The number of benzene rings is 9. The van der Waals surface area contributed by atoms with Crippen LogP contribution in [0.5, 0.6) is 0 Å². The second-order valence-corrected chi connectivity index (χ2v) is 15.2. The lowest BCUT2D eigenvalue weighted by molar-refractivity contribution is 1.02. The summed E-state index contributed by atoms with van der Waals surface area (Å²) in [6.45, 7) is 0. The summed E-state index contributed by atoms with van der Waals surface area (Å²) < 4.78 is 4.90. The first kappa shape index (κ1) is 29.7. The monoisotopic (exact) mass is 703 g/mol. The van der Waals surface area contributed by atoms with E-state index < -0.39 is 0 Å². The number of hydrogen-bond donors (Lipinski definition) is 0. The van der Waals surface area contributed by atoms with Crippen molar-refractivity contribution in [3.8, 4) is 28.3 Å². The van der Waals surface area contributed by atoms with Gasteiger partial charge in [-0.05, 0) is 68.4 Å². The Morgan fingerprint density at radius 2 is 1.00 bits per heavy atom. The minimum absolute atomic E-state index is 0.665. The van der Waals surface area contributed by atoms with Gasteiger partial charge >= 0.3 is 0 Å². The lowest BCUT2D eigenvalue weighted by Crippen LogP contribution is -2.04. The fourth-order valence-corrected chi connectivity index (χ4v) is 9.87. The van der Waals surface area contributed by atoms with E-state index in [1.165, 1.54) is 63.6 Å². The first-order valence-electron chi connectivity index (χ1n) is 18.3. The molecule has 0 saturated heterocycles. The van der Waals surface area contributed by atoms with E-state index in [0.717, 1.165) is 44.0 Å². The molecule has 3 heterocycles. The van der Waals surface area contributed by atoms with Crippen molar-refractivity contribution < 1.29 is 0 Å². The van der Waals surface area contributed by atoms with Gasteiger partial charge < -0.3 is 0 Å². The van der Waals surface area contributed by atoms with Crippen molar-refractivity contribution in [1.82, 2.24) is 14.5 Å². The third-order valence-electron chi connectivity index (χ3n) is 11.2. The average molecular weight is 704 g/mol. The molecule has 12 aromatic rings. The summed E-state index contributed by atoms with van der Waals surface area (Å²) >= 11 is 1.86. The molecule has 0 N–H and O–H groups in total. The lowest BCUT2D eigenvalue weighted by atomic mass is 9.94. The van der Waals surface area contributed by atoms with Crippen LogP contribution in [0.3, 0.4) is 0 Å². The Morgan fingerprint density at radius 1 is 0.370 bits per heavy atom. The van der Waals surface area contributed by atoms with Crippen LogP contribution in [0.2, 0.25) is 0 Å². The molecule has 0 aliphatic carbocycles. The van der Waals surface area contributed by atoms with E-state index in [9.17, 15) is 0 Å². The summed E-state index contributed by atoms with van der Waals surface area (Å²) in [6.07, 6.45) is 0. The topological polar surface area (TPSA) is 30.7 Å². The number of aromatic nitrogens is 3. The molecular weight excluding hydrogens is 675 g/mol. The Morgan fingerprint density at radius 3 is 1.81 bits per heavy atom. The van der Waals surface area contributed by atoms with E-state index in [1.54, 1.807) is 0 Å². The molecule has 250 valence electrons. The number of hydrogen-bond acceptors (Lipinski definition) is 3. The van der Waals surface area contributed by atoms with E-state index >= 15 is 0 Å². The minimum atomic E-state index is 0.665. The fourth-order valence-electron chi connectivity index (χ4n) is 8.75. The third-order valence-corrected chi connectivity index (χ3v) is 12.3. The third kappa shape index (κ3) is 4.23. The van der Waals surface area contributed by atoms with Crippen molar-refractivity contribution in [3.63, 3.8) is 0 Å². The summed E-state index contributed by atoms with van der Waals surface area (Å²) in [5.41, 5.74) is 7.49. The molecule has 0 fully saturated rings. The Kier molecular flexibility index (Phi) is 6.21. The van der Waals surface area contributed by atoms with Gasteiger partial charge in [0.1, 0.15) is 0 Å². The summed E-state index contributed by atoms with van der Waals surface area (Å²) in [5.74, 6) is 0.665. The van der Waals surface area contributed by atoms with Crippen LogP contribution < -0.4 is 0 Å². The molecule has 4 heteroatoms. The Labute approximate surface area is 314 Å². The second-order valence-electron chi connectivity index (χ2n) is 14.1. The van der Waals surface area contributed by atoms with E-state index in [1.807, 2.05) is 11.3 Å². The average Bonchev–Trinajstić information content (AvgIpc) is 3.79. The number of para-hydroxylation sites is 1. The molecule has 0 radical (unpaired) electrons. The van der Waals surface area contributed by atoms with Crippen LogP contribution in [-0.2, 0) is 0 Å². The SMILES string of the molecule is c1ccc(-c2ccc(-c3nc(-n4c5ccccc5c5cc6ccc7sc8ccccc8c7c6cc54)nc4c5ccccc5c5ccccc5c34)cc2)cc1. The minimum Gasteiger partial charge on any atom is -0.278 e. The van der Waals surface area contributed by atoms with Gasteiger partial charge in [0, 0.05) is 47.3 Å². The molecule has 0 atom stereocenters. The molecule has 9 aromatic carbocycles. The smallest absolute Gasteiger partial charge is 0.235 e. The quantitative estimate of drug-likeness (QED) is 0.172. The second kappa shape index (κ2) is 11.3. The van der Waals surface area contributed by atoms with Crippen molar-refractivity contribution in [2.45, 2.75) is 0 Å². The van der Waals surface area contributed by atoms with Crippen LogP contribution in [-0.4, -0.2) is 14.5 Å². The van der Waals surface area contributed by atoms with E-state index in [0.29, 0.717) is 5.95 Å². The molecule has 0 aliphatic heterocycles. The summed E-state index contributed by atoms with van der Waals surface area (Å²) in [5, 5.41) is 13.2. The highest BCUT2D eigenvalue weighted by Crippen LogP contribution is 2.43. The molecule has 0 amide bonds. The van der Waals surface area contributed by atoms with Gasteiger partial charge in [0.25, 0.3) is 0 Å². The Bertz CT molecular complexity index is 3490. The normalized spacial score (nSPS) is 12.1. The first-order valence-corrected chi connectivity index (χ1v) is 19.1. The van der Waals surface area contributed by atoms with Gasteiger partial charge in [-0.3, -0.25) is 4.57 Å². The number of nitrogens with zero attached hydrogens (tertiary/aromatic N) is 3. The maximum absolute atomic E-state index is 5.61. The van der Waals surface area contributed by atoms with Crippen LogP contribution in [0.25, 0.3) is 114 Å². The predicted octanol–water partition coefficient (Wildman–Crippen LogP) is 13.9. The highest BCUT2D eigenvalue weighted by atomic mass is 32.1. The van der Waals surface area contributed by atoms with Gasteiger partial charge in [0.05, 0.1) is 22.2 Å².